The summed E-state index contributed by atoms with van der Waals surface area (Å²) in [7, 11) is 0. The Morgan fingerprint density at radius 3 is 2.83 bits per heavy atom. The van der Waals surface area contributed by atoms with Crippen molar-refractivity contribution >= 4 is 48.9 Å². The summed E-state index contributed by atoms with van der Waals surface area (Å²) in [5.74, 6) is -0.569. The minimum Gasteiger partial charge on any atom is -0.397 e. The highest BCUT2D eigenvalue weighted by Gasteiger charge is 2.18. The number of benzene rings is 1. The number of halogens is 3. The zero-order chi connectivity index (χ0) is 13.3. The third kappa shape index (κ3) is 2.46. The van der Waals surface area contributed by atoms with Crippen LogP contribution < -0.4 is 11.1 Å². The molecule has 3 N–H and O–H groups in total. The number of hydrogen-bond donors (Lipinski definition) is 2. The van der Waals surface area contributed by atoms with Crippen LogP contribution in [-0.4, -0.2) is 18.9 Å². The first-order valence-electron chi connectivity index (χ1n) is 5.03. The molecule has 0 bridgehead atoms. The summed E-state index contributed by atoms with van der Waals surface area (Å²) in [6.07, 6.45) is -2.57. The summed E-state index contributed by atoms with van der Waals surface area (Å²) in [6, 6.07) is 5.46. The molecule has 96 valence electrons. The van der Waals surface area contributed by atoms with Crippen LogP contribution in [0.15, 0.2) is 22.7 Å². The van der Waals surface area contributed by atoms with E-state index in [9.17, 15) is 13.6 Å². The molecule has 0 aliphatic heterocycles. The summed E-state index contributed by atoms with van der Waals surface area (Å²) in [6.45, 7) is -0.673. The maximum Gasteiger partial charge on any atom is 0.263 e. The van der Waals surface area contributed by atoms with Gasteiger partial charge in [0.25, 0.3) is 12.3 Å². The van der Waals surface area contributed by atoms with Gasteiger partial charge in [0.05, 0.1) is 12.2 Å². The van der Waals surface area contributed by atoms with Gasteiger partial charge < -0.3 is 11.1 Å². The number of carbonyl (C=O) groups is 1. The molecule has 0 saturated heterocycles. The fourth-order valence-electron chi connectivity index (χ4n) is 1.55. The fraction of sp³-hybridized carbons (Fsp3) is 0.182. The van der Waals surface area contributed by atoms with E-state index in [0.29, 0.717) is 5.69 Å². The molecule has 0 atom stereocenters. The van der Waals surface area contributed by atoms with E-state index >= 15 is 0 Å². The molecular formula is C11H9BrF2N2OS. The van der Waals surface area contributed by atoms with Gasteiger partial charge in [0, 0.05) is 14.6 Å². The van der Waals surface area contributed by atoms with Crippen molar-refractivity contribution in [1.82, 2.24) is 5.32 Å². The van der Waals surface area contributed by atoms with Crippen LogP contribution in [0.4, 0.5) is 14.5 Å². The third-order valence-electron chi connectivity index (χ3n) is 2.32. The molecule has 0 aliphatic carbocycles. The number of carbonyl (C=O) groups excluding carboxylic acids is 1. The first-order chi connectivity index (χ1) is 8.50. The van der Waals surface area contributed by atoms with Crippen LogP contribution in [0.25, 0.3) is 10.1 Å². The summed E-state index contributed by atoms with van der Waals surface area (Å²) in [4.78, 5) is 12.0. The second-order valence-electron chi connectivity index (χ2n) is 3.56. The Hall–Kier alpha value is -1.21. The molecular weight excluding hydrogens is 326 g/mol. The zero-order valence-corrected chi connectivity index (χ0v) is 11.4. The number of nitrogens with two attached hydrogens (primary N) is 1. The number of rotatable bonds is 3. The maximum absolute atomic E-state index is 12.0. The van der Waals surface area contributed by atoms with E-state index in [1.807, 2.05) is 18.2 Å². The van der Waals surface area contributed by atoms with Crippen LogP contribution in [0.1, 0.15) is 9.67 Å². The molecule has 18 heavy (non-hydrogen) atoms. The Labute approximate surface area is 114 Å². The molecule has 1 heterocycles. The van der Waals surface area contributed by atoms with Crippen molar-refractivity contribution in [1.29, 1.82) is 0 Å². The number of anilines is 1. The van der Waals surface area contributed by atoms with Gasteiger partial charge in [-0.2, -0.15) is 0 Å². The number of nitrogen functional groups attached to an aromatic ring is 1. The smallest absolute Gasteiger partial charge is 0.263 e. The van der Waals surface area contributed by atoms with Crippen molar-refractivity contribution < 1.29 is 13.6 Å². The quantitative estimate of drug-likeness (QED) is 0.905. The summed E-state index contributed by atoms with van der Waals surface area (Å²) in [5, 5.41) is 2.89. The van der Waals surface area contributed by atoms with Crippen molar-refractivity contribution in [3.8, 4) is 0 Å². The first-order valence-corrected chi connectivity index (χ1v) is 6.64. The predicted octanol–water partition coefficient (Wildman–Crippen LogP) is 3.24. The van der Waals surface area contributed by atoms with E-state index in [2.05, 4.69) is 21.2 Å². The van der Waals surface area contributed by atoms with E-state index < -0.39 is 18.9 Å². The van der Waals surface area contributed by atoms with Crippen molar-refractivity contribution in [2.45, 2.75) is 6.43 Å². The van der Waals surface area contributed by atoms with Crippen molar-refractivity contribution in [3.05, 3.63) is 27.5 Å². The van der Waals surface area contributed by atoms with Gasteiger partial charge in [-0.15, -0.1) is 11.3 Å². The molecule has 2 rings (SSSR count). The van der Waals surface area contributed by atoms with Crippen LogP contribution in [0.5, 0.6) is 0 Å². The van der Waals surface area contributed by atoms with Crippen LogP contribution in [-0.2, 0) is 0 Å². The third-order valence-corrected chi connectivity index (χ3v) is 4.15. The topological polar surface area (TPSA) is 55.1 Å². The number of hydrogen-bond acceptors (Lipinski definition) is 3. The van der Waals surface area contributed by atoms with Crippen molar-refractivity contribution in [3.63, 3.8) is 0 Å². The minimum absolute atomic E-state index is 0.262. The van der Waals surface area contributed by atoms with Gasteiger partial charge in [0.15, 0.2) is 0 Å². The Morgan fingerprint density at radius 2 is 2.22 bits per heavy atom. The molecule has 3 nitrogen and oxygen atoms in total. The second-order valence-corrected chi connectivity index (χ2v) is 5.47. The number of nitrogens with one attached hydrogen (secondary N) is 1. The summed E-state index contributed by atoms with van der Waals surface area (Å²) < 4.78 is 25.7. The van der Waals surface area contributed by atoms with Crippen LogP contribution in [0, 0.1) is 0 Å². The van der Waals surface area contributed by atoms with E-state index in [4.69, 9.17) is 5.73 Å². The molecule has 1 amide bonds. The van der Waals surface area contributed by atoms with Gasteiger partial charge >= 0.3 is 0 Å². The van der Waals surface area contributed by atoms with E-state index in [0.717, 1.165) is 14.6 Å². The van der Waals surface area contributed by atoms with Gasteiger partial charge in [-0.3, -0.25) is 4.79 Å². The van der Waals surface area contributed by atoms with Gasteiger partial charge in [-0.05, 0) is 12.1 Å². The zero-order valence-electron chi connectivity index (χ0n) is 9.04. The summed E-state index contributed by atoms with van der Waals surface area (Å²) >= 11 is 4.53. The SMILES string of the molecule is Nc1c(C(=O)NCC(F)F)sc2cccc(Br)c12. The molecule has 1 aromatic heterocycles. The lowest BCUT2D eigenvalue weighted by atomic mass is 10.2. The van der Waals surface area contributed by atoms with Gasteiger partial charge in [0.1, 0.15) is 4.88 Å². The Morgan fingerprint density at radius 1 is 1.50 bits per heavy atom. The highest BCUT2D eigenvalue weighted by molar-refractivity contribution is 9.10. The van der Waals surface area contributed by atoms with Crippen molar-refractivity contribution in [2.24, 2.45) is 0 Å². The number of thiophene rings is 1. The largest absolute Gasteiger partial charge is 0.397 e. The maximum atomic E-state index is 12.0. The number of fused-ring (bicyclic) bond motifs is 1. The van der Waals surface area contributed by atoms with Crippen LogP contribution in [0.3, 0.4) is 0 Å². The first kappa shape index (κ1) is 13.2. The number of alkyl halides is 2. The average molecular weight is 335 g/mol. The molecule has 2 aromatic rings. The van der Waals surface area contributed by atoms with E-state index in [1.54, 1.807) is 0 Å². The van der Waals surface area contributed by atoms with Crippen LogP contribution >= 0.6 is 27.3 Å². The predicted molar refractivity (Wildman–Crippen MR) is 72.3 cm³/mol. The second kappa shape index (κ2) is 5.19. The van der Waals surface area contributed by atoms with Gasteiger partial charge in [-0.25, -0.2) is 8.78 Å². The lowest BCUT2D eigenvalue weighted by molar-refractivity contribution is 0.0896. The Kier molecular flexibility index (Phi) is 3.82. The molecule has 0 radical (unpaired) electrons. The lowest BCUT2D eigenvalue weighted by Gasteiger charge is -2.03. The molecule has 0 unspecified atom stereocenters. The normalized spacial score (nSPS) is 11.1. The fourth-order valence-corrected chi connectivity index (χ4v) is 3.32. The molecule has 0 saturated carbocycles. The Balaban J connectivity index is 2.37. The van der Waals surface area contributed by atoms with Crippen LogP contribution in [0.2, 0.25) is 0 Å². The minimum atomic E-state index is -2.57. The Bertz CT molecular complexity index is 600. The van der Waals surface area contributed by atoms with Gasteiger partial charge in [0.2, 0.25) is 0 Å². The molecule has 0 spiro atoms. The standard InChI is InChI=1S/C11H9BrF2N2OS/c12-5-2-1-3-6-8(5)9(15)10(18-6)11(17)16-4-7(13)14/h1-3,7H,4,15H2,(H,16,17). The van der Waals surface area contributed by atoms with E-state index in [1.165, 1.54) is 11.3 Å². The van der Waals surface area contributed by atoms with Gasteiger partial charge in [-0.1, -0.05) is 22.0 Å². The van der Waals surface area contributed by atoms with E-state index in [-0.39, 0.29) is 4.88 Å². The number of amides is 1. The monoisotopic (exact) mass is 334 g/mol. The van der Waals surface area contributed by atoms with Crippen molar-refractivity contribution in [2.75, 3.05) is 12.3 Å². The molecule has 1 aromatic carbocycles. The lowest BCUT2D eigenvalue weighted by Crippen LogP contribution is -2.28. The molecule has 0 fully saturated rings. The highest BCUT2D eigenvalue weighted by Crippen LogP contribution is 2.37. The molecule has 7 heteroatoms. The summed E-state index contributed by atoms with van der Waals surface area (Å²) in [5.41, 5.74) is 6.19. The average Bonchev–Trinajstić information content (AvgIpc) is 2.65. The highest BCUT2D eigenvalue weighted by atomic mass is 79.9. The molecule has 0 aliphatic rings.